The number of rotatable bonds is 4. The second kappa shape index (κ2) is 6.72. The fraction of sp³-hybridized carbons (Fsp3) is 1.00. The molecule has 1 saturated carbocycles. The first-order valence-electron chi connectivity index (χ1n) is 7.30. The van der Waals surface area contributed by atoms with Crippen molar-refractivity contribution in [1.29, 1.82) is 0 Å². The minimum atomic E-state index is 0.510. The van der Waals surface area contributed by atoms with Crippen molar-refractivity contribution >= 4 is 0 Å². The zero-order valence-electron chi connectivity index (χ0n) is 11.2. The summed E-state index contributed by atoms with van der Waals surface area (Å²) in [6.07, 6.45) is 9.66. The quantitative estimate of drug-likeness (QED) is 0.817. The summed E-state index contributed by atoms with van der Waals surface area (Å²) < 4.78 is 5.53. The number of piperidine rings is 1. The van der Waals surface area contributed by atoms with Crippen LogP contribution in [0.1, 0.15) is 44.9 Å². The van der Waals surface area contributed by atoms with Crippen LogP contribution in [0.15, 0.2) is 0 Å². The molecule has 2 N–H and O–H groups in total. The lowest BCUT2D eigenvalue weighted by molar-refractivity contribution is 0.0174. The van der Waals surface area contributed by atoms with Crippen molar-refractivity contribution in [3.05, 3.63) is 0 Å². The van der Waals surface area contributed by atoms with Crippen LogP contribution in [0.4, 0.5) is 0 Å². The van der Waals surface area contributed by atoms with Gasteiger partial charge in [0.15, 0.2) is 0 Å². The highest BCUT2D eigenvalue weighted by molar-refractivity contribution is 4.84. The van der Waals surface area contributed by atoms with E-state index >= 15 is 0 Å². The molecule has 3 heteroatoms. The highest BCUT2D eigenvalue weighted by atomic mass is 16.5. The Kier molecular flexibility index (Phi) is 5.26. The van der Waals surface area contributed by atoms with Crippen molar-refractivity contribution in [2.24, 2.45) is 11.7 Å². The first-order valence-corrected chi connectivity index (χ1v) is 7.30. The van der Waals surface area contributed by atoms with E-state index in [9.17, 15) is 0 Å². The number of hydrogen-bond acceptors (Lipinski definition) is 3. The fourth-order valence-electron chi connectivity index (χ4n) is 3.51. The third kappa shape index (κ3) is 3.67. The molecule has 2 aliphatic rings. The standard InChI is InChI=1S/C14H28N2O/c1-17-14-4-2-3-13(11-14)16-9-6-12(5-8-15)7-10-16/h12-14H,2-11,15H2,1H3. The van der Waals surface area contributed by atoms with E-state index in [1.54, 1.807) is 0 Å². The van der Waals surface area contributed by atoms with Crippen LogP contribution in [-0.4, -0.2) is 43.8 Å². The summed E-state index contributed by atoms with van der Waals surface area (Å²) in [7, 11) is 1.86. The third-order valence-electron chi connectivity index (χ3n) is 4.67. The molecule has 1 saturated heterocycles. The van der Waals surface area contributed by atoms with Crippen LogP contribution in [0.5, 0.6) is 0 Å². The topological polar surface area (TPSA) is 38.5 Å². The molecule has 0 radical (unpaired) electrons. The predicted molar refractivity (Wildman–Crippen MR) is 71.0 cm³/mol. The summed E-state index contributed by atoms with van der Waals surface area (Å²) >= 11 is 0. The largest absolute Gasteiger partial charge is 0.381 e. The van der Waals surface area contributed by atoms with Crippen LogP contribution < -0.4 is 5.73 Å². The molecule has 1 heterocycles. The number of hydrogen-bond donors (Lipinski definition) is 1. The van der Waals surface area contributed by atoms with Gasteiger partial charge in [0.25, 0.3) is 0 Å². The average molecular weight is 240 g/mol. The first-order chi connectivity index (χ1) is 8.33. The molecule has 0 aromatic heterocycles. The van der Waals surface area contributed by atoms with Gasteiger partial charge in [-0.3, -0.25) is 0 Å². The first kappa shape index (κ1) is 13.3. The fourth-order valence-corrected chi connectivity index (χ4v) is 3.51. The van der Waals surface area contributed by atoms with E-state index in [2.05, 4.69) is 4.90 Å². The molecule has 0 aromatic carbocycles. The molecular weight excluding hydrogens is 212 g/mol. The molecule has 0 amide bonds. The average Bonchev–Trinajstić information content (AvgIpc) is 2.40. The Morgan fingerprint density at radius 2 is 1.94 bits per heavy atom. The number of nitrogens with zero attached hydrogens (tertiary/aromatic N) is 1. The van der Waals surface area contributed by atoms with Gasteiger partial charge >= 0.3 is 0 Å². The molecule has 0 aromatic rings. The Balaban J connectivity index is 1.76. The summed E-state index contributed by atoms with van der Waals surface area (Å²) in [6.45, 7) is 3.43. The van der Waals surface area contributed by atoms with Crippen molar-refractivity contribution < 1.29 is 4.74 Å². The molecule has 1 aliphatic heterocycles. The molecule has 2 atom stereocenters. The maximum Gasteiger partial charge on any atom is 0.0586 e. The molecular formula is C14H28N2O. The van der Waals surface area contributed by atoms with Crippen molar-refractivity contribution in [2.45, 2.75) is 57.1 Å². The second-order valence-electron chi connectivity index (χ2n) is 5.73. The van der Waals surface area contributed by atoms with Gasteiger partial charge < -0.3 is 15.4 Å². The maximum absolute atomic E-state index is 5.64. The summed E-state index contributed by atoms with van der Waals surface area (Å²) in [4.78, 5) is 2.71. The smallest absolute Gasteiger partial charge is 0.0586 e. The lowest BCUT2D eigenvalue weighted by Gasteiger charge is -2.41. The van der Waals surface area contributed by atoms with Crippen molar-refractivity contribution in [3.63, 3.8) is 0 Å². The van der Waals surface area contributed by atoms with E-state index < -0.39 is 0 Å². The third-order valence-corrected chi connectivity index (χ3v) is 4.67. The van der Waals surface area contributed by atoms with Crippen molar-refractivity contribution in [2.75, 3.05) is 26.7 Å². The van der Waals surface area contributed by atoms with E-state index in [-0.39, 0.29) is 0 Å². The summed E-state index contributed by atoms with van der Waals surface area (Å²) in [5.74, 6) is 0.887. The van der Waals surface area contributed by atoms with Gasteiger partial charge in [-0.25, -0.2) is 0 Å². The van der Waals surface area contributed by atoms with Crippen molar-refractivity contribution in [3.8, 4) is 0 Å². The zero-order valence-corrected chi connectivity index (χ0v) is 11.2. The highest BCUT2D eigenvalue weighted by Crippen LogP contribution is 2.29. The van der Waals surface area contributed by atoms with Crippen LogP contribution in [0.3, 0.4) is 0 Å². The Hall–Kier alpha value is -0.120. The van der Waals surface area contributed by atoms with Crippen LogP contribution in [-0.2, 0) is 4.74 Å². The lowest BCUT2D eigenvalue weighted by Crippen LogP contribution is -2.45. The lowest BCUT2D eigenvalue weighted by atomic mass is 9.88. The summed E-state index contributed by atoms with van der Waals surface area (Å²) in [5, 5.41) is 0. The van der Waals surface area contributed by atoms with Crippen LogP contribution in [0, 0.1) is 5.92 Å². The van der Waals surface area contributed by atoms with Gasteiger partial charge in [-0.1, -0.05) is 0 Å². The Labute approximate surface area is 106 Å². The normalized spacial score (nSPS) is 32.8. The summed E-state index contributed by atoms with van der Waals surface area (Å²) in [5.41, 5.74) is 5.64. The molecule has 2 fully saturated rings. The minimum absolute atomic E-state index is 0.510. The van der Waals surface area contributed by atoms with Gasteiger partial charge in [0.1, 0.15) is 0 Å². The van der Waals surface area contributed by atoms with Crippen LogP contribution >= 0.6 is 0 Å². The number of nitrogens with two attached hydrogens (primary N) is 1. The monoisotopic (exact) mass is 240 g/mol. The Morgan fingerprint density at radius 1 is 1.18 bits per heavy atom. The highest BCUT2D eigenvalue weighted by Gasteiger charge is 2.29. The number of methoxy groups -OCH3 is 1. The predicted octanol–water partition coefficient (Wildman–Crippen LogP) is 2.00. The maximum atomic E-state index is 5.64. The molecule has 0 spiro atoms. The molecule has 100 valence electrons. The Bertz CT molecular complexity index is 214. The number of ether oxygens (including phenoxy) is 1. The van der Waals surface area contributed by atoms with E-state index in [0.717, 1.165) is 18.5 Å². The molecule has 2 rings (SSSR count). The van der Waals surface area contributed by atoms with Gasteiger partial charge in [0.05, 0.1) is 6.10 Å². The molecule has 2 unspecified atom stereocenters. The van der Waals surface area contributed by atoms with Crippen LogP contribution in [0.2, 0.25) is 0 Å². The van der Waals surface area contributed by atoms with E-state index in [4.69, 9.17) is 10.5 Å². The molecule has 17 heavy (non-hydrogen) atoms. The molecule has 1 aliphatic carbocycles. The van der Waals surface area contributed by atoms with E-state index in [1.807, 2.05) is 7.11 Å². The zero-order chi connectivity index (χ0) is 12.1. The van der Waals surface area contributed by atoms with Gasteiger partial charge in [0, 0.05) is 13.2 Å². The Morgan fingerprint density at radius 3 is 2.59 bits per heavy atom. The van der Waals surface area contributed by atoms with Crippen molar-refractivity contribution in [1.82, 2.24) is 4.90 Å². The van der Waals surface area contributed by atoms with Gasteiger partial charge in [-0.05, 0) is 70.5 Å². The van der Waals surface area contributed by atoms with Crippen LogP contribution in [0.25, 0.3) is 0 Å². The second-order valence-corrected chi connectivity index (χ2v) is 5.73. The molecule has 0 bridgehead atoms. The SMILES string of the molecule is COC1CCCC(N2CCC(CCN)CC2)C1. The van der Waals surface area contributed by atoms with E-state index in [0.29, 0.717) is 6.10 Å². The minimum Gasteiger partial charge on any atom is -0.381 e. The van der Waals surface area contributed by atoms with Gasteiger partial charge in [-0.15, -0.1) is 0 Å². The van der Waals surface area contributed by atoms with E-state index in [1.165, 1.54) is 58.0 Å². The molecule has 3 nitrogen and oxygen atoms in total. The number of likely N-dealkylation sites (tertiary alicyclic amines) is 1. The summed E-state index contributed by atoms with van der Waals surface area (Å²) in [6, 6.07) is 0.785. The van der Waals surface area contributed by atoms with Gasteiger partial charge in [0.2, 0.25) is 0 Å². The van der Waals surface area contributed by atoms with Gasteiger partial charge in [-0.2, -0.15) is 0 Å².